The molecule has 1 aromatic heterocycles. The number of ketones is 1. The summed E-state index contributed by atoms with van der Waals surface area (Å²) in [5.74, 6) is -1.60. The number of para-hydroxylation sites is 1. The first-order valence-electron chi connectivity index (χ1n) is 13.3. The minimum Gasteiger partial charge on any atom is -0.490 e. The molecular formula is C30H27F2N5O4. The number of rotatable bonds is 7. The molecule has 2 atom stereocenters. The van der Waals surface area contributed by atoms with E-state index in [1.165, 1.54) is 15.6 Å². The molecule has 9 nitrogen and oxygen atoms in total. The summed E-state index contributed by atoms with van der Waals surface area (Å²) >= 11 is 0. The van der Waals surface area contributed by atoms with Gasteiger partial charge in [-0.3, -0.25) is 19.1 Å². The van der Waals surface area contributed by atoms with Crippen LogP contribution in [0, 0.1) is 5.82 Å². The molecule has 0 aliphatic carbocycles. The van der Waals surface area contributed by atoms with Crippen LogP contribution in [0.5, 0.6) is 5.75 Å². The highest BCUT2D eigenvalue weighted by atomic mass is 19.1. The number of carbonyl (C=O) groups is 3. The average Bonchev–Trinajstić information content (AvgIpc) is 3.55. The number of nitrogens with two attached hydrogens (primary N) is 1. The molecule has 11 heteroatoms. The van der Waals surface area contributed by atoms with Crippen LogP contribution >= 0.6 is 0 Å². The zero-order valence-corrected chi connectivity index (χ0v) is 22.0. The van der Waals surface area contributed by atoms with Gasteiger partial charge < -0.3 is 20.7 Å². The van der Waals surface area contributed by atoms with E-state index >= 15 is 4.39 Å². The van der Waals surface area contributed by atoms with Gasteiger partial charge in [-0.05, 0) is 29.3 Å². The molecule has 41 heavy (non-hydrogen) atoms. The van der Waals surface area contributed by atoms with Crippen LogP contribution < -0.4 is 15.8 Å². The monoisotopic (exact) mass is 559 g/mol. The van der Waals surface area contributed by atoms with Crippen molar-refractivity contribution in [1.82, 2.24) is 14.7 Å². The summed E-state index contributed by atoms with van der Waals surface area (Å²) in [5, 5.41) is 7.90. The van der Waals surface area contributed by atoms with Gasteiger partial charge in [-0.1, -0.05) is 42.5 Å². The number of nitrogens with one attached hydrogen (secondary N) is 1. The summed E-state index contributed by atoms with van der Waals surface area (Å²) in [5.41, 5.74) is 7.84. The number of nitrogens with zero attached hydrogens (tertiary/aromatic N) is 3. The minimum absolute atomic E-state index is 0.0170. The van der Waals surface area contributed by atoms with Crippen LogP contribution in [0.25, 0.3) is 22.0 Å². The van der Waals surface area contributed by atoms with E-state index in [0.717, 1.165) is 5.69 Å². The Kier molecular flexibility index (Phi) is 6.86. The minimum atomic E-state index is -1.40. The van der Waals surface area contributed by atoms with Crippen LogP contribution in [0.2, 0.25) is 0 Å². The number of amides is 2. The number of Topliss-reactive ketones (excluding diaryl/α,β-unsaturated/α-hetero) is 1. The Balaban J connectivity index is 1.22. The van der Waals surface area contributed by atoms with Crippen molar-refractivity contribution >= 4 is 34.2 Å². The van der Waals surface area contributed by atoms with Crippen molar-refractivity contribution in [2.75, 3.05) is 25.0 Å². The number of likely N-dealkylation sites (tertiary alicyclic amines) is 1. The normalized spacial score (nSPS) is 18.0. The summed E-state index contributed by atoms with van der Waals surface area (Å²) in [6, 6.07) is 15.9. The molecule has 1 saturated heterocycles. The number of alkyl halides is 1. The van der Waals surface area contributed by atoms with E-state index in [2.05, 4.69) is 10.4 Å². The first-order valence-corrected chi connectivity index (χ1v) is 13.3. The van der Waals surface area contributed by atoms with Crippen molar-refractivity contribution in [2.24, 2.45) is 5.73 Å². The molecule has 0 saturated carbocycles. The zero-order chi connectivity index (χ0) is 28.7. The van der Waals surface area contributed by atoms with Gasteiger partial charge in [0.2, 0.25) is 5.91 Å². The summed E-state index contributed by atoms with van der Waals surface area (Å²) in [6.07, 6.45) is -1.87. The quantitative estimate of drug-likeness (QED) is 0.358. The molecule has 210 valence electrons. The lowest BCUT2D eigenvalue weighted by atomic mass is 9.96. The molecule has 2 aliphatic rings. The maximum absolute atomic E-state index is 15.7. The Labute approximate surface area is 233 Å². The number of ether oxygens (including phenoxy) is 1. The molecule has 3 aromatic carbocycles. The Hall–Kier alpha value is -4.80. The van der Waals surface area contributed by atoms with Gasteiger partial charge in [0, 0.05) is 30.3 Å². The molecule has 0 bridgehead atoms. The van der Waals surface area contributed by atoms with E-state index in [1.807, 2.05) is 0 Å². The van der Waals surface area contributed by atoms with Crippen molar-refractivity contribution < 1.29 is 27.9 Å². The number of halogens is 2. The van der Waals surface area contributed by atoms with E-state index in [0.29, 0.717) is 40.9 Å². The predicted molar refractivity (Wildman–Crippen MR) is 148 cm³/mol. The van der Waals surface area contributed by atoms with E-state index in [4.69, 9.17) is 10.5 Å². The van der Waals surface area contributed by atoms with Gasteiger partial charge >= 0.3 is 0 Å². The second-order valence-corrected chi connectivity index (χ2v) is 10.2. The molecule has 2 amide bonds. The average molecular weight is 560 g/mol. The fourth-order valence-electron chi connectivity index (χ4n) is 5.57. The van der Waals surface area contributed by atoms with Gasteiger partial charge in [0.15, 0.2) is 11.5 Å². The third-order valence-corrected chi connectivity index (χ3v) is 7.53. The lowest BCUT2D eigenvalue weighted by Crippen LogP contribution is -2.43. The summed E-state index contributed by atoms with van der Waals surface area (Å²) < 4.78 is 37.2. The Bertz CT molecular complexity index is 1690. The smallest absolute Gasteiger partial charge is 0.269 e. The predicted octanol–water partition coefficient (Wildman–Crippen LogP) is 3.50. The number of hydrogen-bond acceptors (Lipinski definition) is 6. The summed E-state index contributed by atoms with van der Waals surface area (Å²) in [7, 11) is 0. The van der Waals surface area contributed by atoms with Crippen LogP contribution in [0.15, 0.2) is 60.7 Å². The van der Waals surface area contributed by atoms with Crippen LogP contribution in [-0.4, -0.2) is 64.2 Å². The largest absolute Gasteiger partial charge is 0.490 e. The molecule has 0 spiro atoms. The second kappa shape index (κ2) is 10.6. The third kappa shape index (κ3) is 4.99. The first-order chi connectivity index (χ1) is 19.8. The Morgan fingerprint density at radius 2 is 1.93 bits per heavy atom. The number of aromatic nitrogens is 2. The van der Waals surface area contributed by atoms with Crippen LogP contribution in [0.4, 0.5) is 14.5 Å². The molecule has 4 aromatic rings. The van der Waals surface area contributed by atoms with Crippen LogP contribution in [0.1, 0.15) is 22.5 Å². The molecule has 0 radical (unpaired) electrons. The standard InChI is InChI=1S/C30H27F2N5O4/c31-19-14-24(36(15-19)27(39)16-37-23-7-2-1-5-21(23)29(35-37)30(33)40)25(38)13-18-4-3-6-20(28(18)32)17-8-9-26-22(12-17)34-10-11-41-26/h1-9,12,19,24,34H,10-11,13-16H2,(H2,33,40)/t19-,24+/m1/s1. The highest BCUT2D eigenvalue weighted by Gasteiger charge is 2.40. The topological polar surface area (TPSA) is 120 Å². The SMILES string of the molecule is NC(=O)c1nn(CC(=O)N2C[C@H](F)C[C@H]2C(=O)Cc2cccc(-c3ccc4c(c3)NCCO4)c2F)c2ccccc12. The van der Waals surface area contributed by atoms with Crippen molar-refractivity contribution in [3.05, 3.63) is 77.7 Å². The molecule has 3 heterocycles. The van der Waals surface area contributed by atoms with Gasteiger partial charge in [-0.25, -0.2) is 8.78 Å². The van der Waals surface area contributed by atoms with E-state index in [9.17, 15) is 18.8 Å². The number of fused-ring (bicyclic) bond motifs is 2. The van der Waals surface area contributed by atoms with Gasteiger partial charge in [-0.15, -0.1) is 0 Å². The number of primary amides is 1. The fourth-order valence-corrected chi connectivity index (χ4v) is 5.57. The van der Waals surface area contributed by atoms with Crippen molar-refractivity contribution in [1.29, 1.82) is 0 Å². The van der Waals surface area contributed by atoms with E-state index in [1.54, 1.807) is 54.6 Å². The van der Waals surface area contributed by atoms with Crippen molar-refractivity contribution in [3.63, 3.8) is 0 Å². The highest BCUT2D eigenvalue weighted by Crippen LogP contribution is 2.34. The maximum Gasteiger partial charge on any atom is 0.269 e. The lowest BCUT2D eigenvalue weighted by Gasteiger charge is -2.24. The van der Waals surface area contributed by atoms with Gasteiger partial charge in [0.05, 0.1) is 23.8 Å². The van der Waals surface area contributed by atoms with Crippen LogP contribution in [-0.2, 0) is 22.6 Å². The number of hydrogen-bond donors (Lipinski definition) is 2. The molecule has 0 unspecified atom stereocenters. The first kappa shape index (κ1) is 26.4. The lowest BCUT2D eigenvalue weighted by molar-refractivity contribution is -0.138. The van der Waals surface area contributed by atoms with Gasteiger partial charge in [-0.2, -0.15) is 5.10 Å². The van der Waals surface area contributed by atoms with E-state index in [-0.39, 0.29) is 37.2 Å². The molecule has 1 fully saturated rings. The Morgan fingerprint density at radius 1 is 1.10 bits per heavy atom. The van der Waals surface area contributed by atoms with Gasteiger partial charge in [0.25, 0.3) is 5.91 Å². The van der Waals surface area contributed by atoms with Crippen molar-refractivity contribution in [2.45, 2.75) is 31.6 Å². The number of anilines is 1. The Morgan fingerprint density at radius 3 is 2.76 bits per heavy atom. The van der Waals surface area contributed by atoms with Crippen molar-refractivity contribution in [3.8, 4) is 16.9 Å². The number of benzene rings is 3. The third-order valence-electron chi connectivity index (χ3n) is 7.53. The van der Waals surface area contributed by atoms with E-state index < -0.39 is 35.6 Å². The molecule has 2 aliphatic heterocycles. The number of carbonyl (C=O) groups excluding carboxylic acids is 3. The summed E-state index contributed by atoms with van der Waals surface area (Å²) in [4.78, 5) is 39.7. The fraction of sp³-hybridized carbons (Fsp3) is 0.267. The van der Waals surface area contributed by atoms with Crippen LogP contribution in [0.3, 0.4) is 0 Å². The highest BCUT2D eigenvalue weighted by molar-refractivity contribution is 6.04. The molecule has 6 rings (SSSR count). The zero-order valence-electron chi connectivity index (χ0n) is 22.0. The molecular weight excluding hydrogens is 532 g/mol. The summed E-state index contributed by atoms with van der Waals surface area (Å²) in [6.45, 7) is 0.613. The maximum atomic E-state index is 15.7. The van der Waals surface area contributed by atoms with Gasteiger partial charge in [0.1, 0.15) is 30.9 Å². The second-order valence-electron chi connectivity index (χ2n) is 10.2. The molecule has 3 N–H and O–H groups in total.